The fourth-order valence-electron chi connectivity index (χ4n) is 3.17. The molecule has 0 saturated carbocycles. The average Bonchev–Trinajstić information content (AvgIpc) is 3.13. The summed E-state index contributed by atoms with van der Waals surface area (Å²) in [6.07, 6.45) is 0. The maximum atomic E-state index is 9.86. The molecule has 2 aromatic carbocycles. The van der Waals surface area contributed by atoms with E-state index in [0.717, 1.165) is 28.2 Å². The number of rotatable bonds is 1. The van der Waals surface area contributed by atoms with E-state index >= 15 is 0 Å². The van der Waals surface area contributed by atoms with Crippen molar-refractivity contribution in [1.29, 1.82) is 5.26 Å². The summed E-state index contributed by atoms with van der Waals surface area (Å²) in [5, 5.41) is 9.86. The van der Waals surface area contributed by atoms with Crippen molar-refractivity contribution in [3.05, 3.63) is 76.9 Å². The number of hydrogen-bond acceptors (Lipinski definition) is 3. The molecule has 1 heterocycles. The zero-order valence-corrected chi connectivity index (χ0v) is 13.0. The molecule has 4 rings (SSSR count). The number of fused-ring (bicyclic) bond motifs is 2. The van der Waals surface area contributed by atoms with Gasteiger partial charge in [-0.1, -0.05) is 54.6 Å². The van der Waals surface area contributed by atoms with Crippen molar-refractivity contribution in [3.63, 3.8) is 0 Å². The van der Waals surface area contributed by atoms with E-state index in [-0.39, 0.29) is 4.08 Å². The molecule has 1 saturated heterocycles. The minimum absolute atomic E-state index is 0.184. The van der Waals surface area contributed by atoms with Crippen LogP contribution in [0.5, 0.6) is 0 Å². The molecule has 0 radical (unpaired) electrons. The molecule has 0 unspecified atom stereocenters. The van der Waals surface area contributed by atoms with Gasteiger partial charge in [0, 0.05) is 17.1 Å². The highest BCUT2D eigenvalue weighted by atomic mass is 32.2. The Bertz CT molecular complexity index is 765. The van der Waals surface area contributed by atoms with E-state index in [1.165, 1.54) is 11.1 Å². The summed E-state index contributed by atoms with van der Waals surface area (Å²) < 4.78 is -0.184. The van der Waals surface area contributed by atoms with Crippen LogP contribution >= 0.6 is 23.5 Å². The molecule has 0 amide bonds. The molecule has 2 aromatic rings. The fourth-order valence-corrected chi connectivity index (χ4v) is 6.49. The van der Waals surface area contributed by atoms with Gasteiger partial charge in [-0.15, -0.1) is 23.5 Å². The highest BCUT2D eigenvalue weighted by molar-refractivity contribution is 8.21. The summed E-state index contributed by atoms with van der Waals surface area (Å²) in [7, 11) is 0. The quantitative estimate of drug-likeness (QED) is 0.765. The maximum absolute atomic E-state index is 9.86. The van der Waals surface area contributed by atoms with E-state index in [2.05, 4.69) is 42.5 Å². The zero-order chi connectivity index (χ0) is 14.3. The van der Waals surface area contributed by atoms with Crippen molar-refractivity contribution in [2.75, 3.05) is 11.5 Å². The second-order valence-corrected chi connectivity index (χ2v) is 7.96. The lowest BCUT2D eigenvalue weighted by molar-refractivity contribution is 1.13. The maximum Gasteiger partial charge on any atom is 0.122 e. The summed E-state index contributed by atoms with van der Waals surface area (Å²) in [4.78, 5) is 0. The highest BCUT2D eigenvalue weighted by Gasteiger charge is 2.49. The molecule has 3 heteroatoms. The first-order chi connectivity index (χ1) is 10.4. The second-order valence-electron chi connectivity index (χ2n) is 5.09. The molecular formula is C18H13NS2. The zero-order valence-electron chi connectivity index (χ0n) is 11.4. The van der Waals surface area contributed by atoms with Gasteiger partial charge in [-0.2, -0.15) is 5.26 Å². The molecule has 2 aliphatic rings. The molecule has 102 valence electrons. The Morgan fingerprint density at radius 1 is 0.905 bits per heavy atom. The van der Waals surface area contributed by atoms with Gasteiger partial charge >= 0.3 is 0 Å². The van der Waals surface area contributed by atoms with E-state index in [0.29, 0.717) is 0 Å². The fraction of sp³-hybridized carbons (Fsp3) is 0.167. The normalized spacial score (nSPS) is 18.8. The number of hydrogen-bond donors (Lipinski definition) is 0. The second kappa shape index (κ2) is 4.98. The molecular weight excluding hydrogens is 294 g/mol. The van der Waals surface area contributed by atoms with Gasteiger partial charge in [0.25, 0.3) is 0 Å². The molecule has 1 spiro atoms. The van der Waals surface area contributed by atoms with E-state index in [1.54, 1.807) is 0 Å². The van der Waals surface area contributed by atoms with Crippen LogP contribution in [-0.4, -0.2) is 11.5 Å². The topological polar surface area (TPSA) is 23.8 Å². The van der Waals surface area contributed by atoms with Crippen LogP contribution in [0.25, 0.3) is 5.57 Å². The van der Waals surface area contributed by atoms with Crippen LogP contribution in [0.1, 0.15) is 16.7 Å². The first kappa shape index (κ1) is 13.1. The van der Waals surface area contributed by atoms with Gasteiger partial charge in [0.05, 0.1) is 11.6 Å². The van der Waals surface area contributed by atoms with Gasteiger partial charge in [0.1, 0.15) is 4.08 Å². The Labute approximate surface area is 133 Å². The molecule has 1 nitrogen and oxygen atoms in total. The Hall–Kier alpha value is -1.63. The molecule has 0 aromatic heterocycles. The Morgan fingerprint density at radius 3 is 2.29 bits per heavy atom. The third kappa shape index (κ3) is 1.79. The van der Waals surface area contributed by atoms with Crippen LogP contribution in [0.3, 0.4) is 0 Å². The highest BCUT2D eigenvalue weighted by Crippen LogP contribution is 2.63. The summed E-state index contributed by atoms with van der Waals surface area (Å²) in [5.74, 6) is 2.21. The van der Waals surface area contributed by atoms with Crippen LogP contribution in [0.2, 0.25) is 0 Å². The average molecular weight is 307 g/mol. The molecule has 1 fully saturated rings. The van der Waals surface area contributed by atoms with E-state index in [4.69, 9.17) is 0 Å². The Morgan fingerprint density at radius 2 is 1.57 bits per heavy atom. The van der Waals surface area contributed by atoms with Gasteiger partial charge in [0.2, 0.25) is 0 Å². The van der Waals surface area contributed by atoms with Gasteiger partial charge < -0.3 is 0 Å². The van der Waals surface area contributed by atoms with Crippen molar-refractivity contribution < 1.29 is 0 Å². The third-order valence-electron chi connectivity index (χ3n) is 4.00. The predicted molar refractivity (Wildman–Crippen MR) is 91.1 cm³/mol. The SMILES string of the molecule is N#CC1=C(c2ccccc2)c2ccccc2C12SCCS2. The molecule has 0 N–H and O–H groups in total. The molecule has 21 heavy (non-hydrogen) atoms. The van der Waals surface area contributed by atoms with Crippen LogP contribution < -0.4 is 0 Å². The smallest absolute Gasteiger partial charge is 0.122 e. The molecule has 0 atom stereocenters. The summed E-state index contributed by atoms with van der Waals surface area (Å²) in [6, 6.07) is 21.3. The van der Waals surface area contributed by atoms with Crippen LogP contribution in [0, 0.1) is 11.3 Å². The van der Waals surface area contributed by atoms with Gasteiger partial charge in [-0.25, -0.2) is 0 Å². The van der Waals surface area contributed by atoms with E-state index < -0.39 is 0 Å². The lowest BCUT2D eigenvalue weighted by Gasteiger charge is -2.23. The first-order valence-electron chi connectivity index (χ1n) is 6.95. The Kier molecular flexibility index (Phi) is 3.10. The van der Waals surface area contributed by atoms with E-state index in [9.17, 15) is 5.26 Å². The summed E-state index contributed by atoms with van der Waals surface area (Å²) >= 11 is 3.82. The van der Waals surface area contributed by atoms with Gasteiger partial charge in [-0.3, -0.25) is 0 Å². The van der Waals surface area contributed by atoms with Gasteiger partial charge in [-0.05, 0) is 16.7 Å². The van der Waals surface area contributed by atoms with Crippen molar-refractivity contribution in [2.24, 2.45) is 0 Å². The lowest BCUT2D eigenvalue weighted by Crippen LogP contribution is -2.13. The Balaban J connectivity index is 2.05. The van der Waals surface area contributed by atoms with Crippen molar-refractivity contribution >= 4 is 29.1 Å². The number of thioether (sulfide) groups is 2. The van der Waals surface area contributed by atoms with E-state index in [1.807, 2.05) is 41.7 Å². The molecule has 0 bridgehead atoms. The summed E-state index contributed by atoms with van der Waals surface area (Å²) in [6.45, 7) is 0. The molecule has 1 aliphatic carbocycles. The monoisotopic (exact) mass is 307 g/mol. The summed E-state index contributed by atoms with van der Waals surface area (Å²) in [5.41, 5.74) is 5.71. The van der Waals surface area contributed by atoms with Crippen LogP contribution in [0.4, 0.5) is 0 Å². The predicted octanol–water partition coefficient (Wildman–Crippen LogP) is 4.66. The lowest BCUT2D eigenvalue weighted by atomic mass is 9.98. The number of benzene rings is 2. The minimum atomic E-state index is -0.184. The number of nitriles is 1. The van der Waals surface area contributed by atoms with Crippen LogP contribution in [0.15, 0.2) is 60.2 Å². The standard InChI is InChI=1S/C18H13NS2/c19-12-16-17(13-6-2-1-3-7-13)14-8-4-5-9-15(14)18(16)20-10-11-21-18/h1-9H,10-11H2. The largest absolute Gasteiger partial charge is 0.193 e. The van der Waals surface area contributed by atoms with Crippen molar-refractivity contribution in [3.8, 4) is 6.07 Å². The first-order valence-corrected chi connectivity index (χ1v) is 8.92. The third-order valence-corrected chi connectivity index (χ3v) is 7.44. The number of nitrogens with zero attached hydrogens (tertiary/aromatic N) is 1. The minimum Gasteiger partial charge on any atom is -0.193 e. The molecule has 1 aliphatic heterocycles. The van der Waals surface area contributed by atoms with Gasteiger partial charge in [0.15, 0.2) is 0 Å². The van der Waals surface area contributed by atoms with Crippen molar-refractivity contribution in [2.45, 2.75) is 4.08 Å². The van der Waals surface area contributed by atoms with Crippen LogP contribution in [-0.2, 0) is 4.08 Å². The van der Waals surface area contributed by atoms with Crippen molar-refractivity contribution in [1.82, 2.24) is 0 Å².